The fourth-order valence-electron chi connectivity index (χ4n) is 2.09. The second-order valence-electron chi connectivity index (χ2n) is 6.45. The minimum atomic E-state index is -4.40. The van der Waals surface area contributed by atoms with Gasteiger partial charge >= 0.3 is 12.1 Å². The highest BCUT2D eigenvalue weighted by atomic mass is 19.4. The number of alkyl halides is 3. The van der Waals surface area contributed by atoms with Crippen LogP contribution >= 0.6 is 0 Å². The predicted molar refractivity (Wildman–Crippen MR) is 89.7 cm³/mol. The van der Waals surface area contributed by atoms with Crippen molar-refractivity contribution in [1.29, 1.82) is 0 Å². The molecule has 0 saturated heterocycles. The van der Waals surface area contributed by atoms with E-state index in [2.05, 4.69) is 15.3 Å². The number of rotatable bonds is 7. The van der Waals surface area contributed by atoms with Crippen LogP contribution in [0.1, 0.15) is 40.2 Å². The van der Waals surface area contributed by atoms with Crippen molar-refractivity contribution in [1.82, 2.24) is 9.97 Å². The molecule has 0 saturated carbocycles. The van der Waals surface area contributed by atoms with Crippen LogP contribution in [0.15, 0.2) is 6.20 Å². The normalized spacial score (nSPS) is 12.0. The Morgan fingerprint density at radius 2 is 1.84 bits per heavy atom. The van der Waals surface area contributed by atoms with Gasteiger partial charge in [-0.05, 0) is 34.6 Å². The Balaban J connectivity index is 3.01. The summed E-state index contributed by atoms with van der Waals surface area (Å²) in [6.07, 6.45) is -4.43. The van der Waals surface area contributed by atoms with Crippen LogP contribution < -0.4 is 10.2 Å². The lowest BCUT2D eigenvalue weighted by atomic mass is 10.2. The van der Waals surface area contributed by atoms with Crippen LogP contribution in [0.25, 0.3) is 0 Å². The third kappa shape index (κ3) is 7.57. The van der Waals surface area contributed by atoms with Crippen molar-refractivity contribution in [3.05, 3.63) is 11.8 Å². The Bertz CT molecular complexity index is 582. The van der Waals surface area contributed by atoms with Crippen molar-refractivity contribution in [3.8, 4) is 0 Å². The van der Waals surface area contributed by atoms with E-state index in [1.807, 2.05) is 13.8 Å². The van der Waals surface area contributed by atoms with Crippen LogP contribution in [0.2, 0.25) is 0 Å². The number of carbonyl (C=O) groups is 1. The van der Waals surface area contributed by atoms with Gasteiger partial charge in [0.1, 0.15) is 18.0 Å². The van der Waals surface area contributed by atoms with Crippen molar-refractivity contribution in [3.63, 3.8) is 0 Å². The van der Waals surface area contributed by atoms with Gasteiger partial charge in [0.2, 0.25) is 5.95 Å². The first-order valence-electron chi connectivity index (χ1n) is 8.08. The lowest BCUT2D eigenvalue weighted by Gasteiger charge is -2.22. The van der Waals surface area contributed by atoms with Gasteiger partial charge in [-0.15, -0.1) is 0 Å². The van der Waals surface area contributed by atoms with Crippen LogP contribution in [0.5, 0.6) is 0 Å². The number of nitrogens with zero attached hydrogens (tertiary/aromatic N) is 3. The van der Waals surface area contributed by atoms with E-state index >= 15 is 0 Å². The van der Waals surface area contributed by atoms with Gasteiger partial charge in [0.15, 0.2) is 0 Å². The minimum absolute atomic E-state index is 0.0138. The highest BCUT2D eigenvalue weighted by Crippen LogP contribution is 2.26. The standard InChI is InChI=1S/C16H25F3N4O2/c1-6-23(7-2)14-21-9-11(8-16(17,18)19)13(22-14)20-10-12(24)25-15(3,4)5/h9H,6-8,10H2,1-5H3,(H,20,21,22). The van der Waals surface area contributed by atoms with Gasteiger partial charge in [0.05, 0.1) is 6.42 Å². The molecule has 1 rings (SSSR count). The summed E-state index contributed by atoms with van der Waals surface area (Å²) in [5, 5.41) is 2.65. The SMILES string of the molecule is CCN(CC)c1ncc(CC(F)(F)F)c(NCC(=O)OC(C)(C)C)n1. The number of carbonyl (C=O) groups excluding carboxylic acids is 1. The summed E-state index contributed by atoms with van der Waals surface area (Å²) >= 11 is 0. The van der Waals surface area contributed by atoms with Gasteiger partial charge in [0, 0.05) is 24.8 Å². The molecule has 0 amide bonds. The molecule has 1 aromatic rings. The Morgan fingerprint density at radius 3 is 2.32 bits per heavy atom. The Labute approximate surface area is 145 Å². The van der Waals surface area contributed by atoms with Gasteiger partial charge < -0.3 is 15.0 Å². The molecule has 0 unspecified atom stereocenters. The monoisotopic (exact) mass is 362 g/mol. The number of anilines is 2. The van der Waals surface area contributed by atoms with E-state index in [1.165, 1.54) is 0 Å². The van der Waals surface area contributed by atoms with Gasteiger partial charge in [-0.25, -0.2) is 4.98 Å². The van der Waals surface area contributed by atoms with Crippen LogP contribution in [-0.4, -0.2) is 47.3 Å². The van der Waals surface area contributed by atoms with E-state index in [-0.39, 0.29) is 17.9 Å². The van der Waals surface area contributed by atoms with Crippen LogP contribution in [-0.2, 0) is 16.0 Å². The highest BCUT2D eigenvalue weighted by molar-refractivity contribution is 5.75. The molecule has 1 N–H and O–H groups in total. The van der Waals surface area contributed by atoms with Crippen molar-refractivity contribution in [2.75, 3.05) is 29.9 Å². The summed E-state index contributed by atoms with van der Waals surface area (Å²) in [6.45, 7) is 9.86. The zero-order valence-electron chi connectivity index (χ0n) is 15.2. The Kier molecular flexibility index (Phi) is 7.01. The molecule has 0 aliphatic heterocycles. The summed E-state index contributed by atoms with van der Waals surface area (Å²) < 4.78 is 43.4. The molecule has 1 aromatic heterocycles. The number of halogens is 3. The maximum absolute atomic E-state index is 12.7. The van der Waals surface area contributed by atoms with E-state index in [4.69, 9.17) is 4.74 Å². The number of ether oxygens (including phenoxy) is 1. The van der Waals surface area contributed by atoms with Gasteiger partial charge in [-0.2, -0.15) is 18.2 Å². The first kappa shape index (κ1) is 21.0. The molecule has 9 heteroatoms. The third-order valence-electron chi connectivity index (χ3n) is 3.11. The molecule has 0 aromatic carbocycles. The maximum Gasteiger partial charge on any atom is 0.393 e. The summed E-state index contributed by atoms with van der Waals surface area (Å²) in [4.78, 5) is 21.8. The third-order valence-corrected chi connectivity index (χ3v) is 3.11. The van der Waals surface area contributed by atoms with Crippen molar-refractivity contribution in [2.45, 2.75) is 52.8 Å². The number of hydrogen-bond donors (Lipinski definition) is 1. The summed E-state index contributed by atoms with van der Waals surface area (Å²) in [7, 11) is 0. The molecule has 0 bridgehead atoms. The Morgan fingerprint density at radius 1 is 1.24 bits per heavy atom. The molecule has 142 valence electrons. The average Bonchev–Trinajstić information content (AvgIpc) is 2.45. The van der Waals surface area contributed by atoms with Crippen molar-refractivity contribution in [2.24, 2.45) is 0 Å². The number of aromatic nitrogens is 2. The largest absolute Gasteiger partial charge is 0.459 e. The second kappa shape index (κ2) is 8.35. The van der Waals surface area contributed by atoms with E-state index in [9.17, 15) is 18.0 Å². The predicted octanol–water partition coefficient (Wildman–Crippen LogP) is 3.18. The molecular weight excluding hydrogens is 337 g/mol. The summed E-state index contributed by atoms with van der Waals surface area (Å²) in [5.41, 5.74) is -0.794. The van der Waals surface area contributed by atoms with Gasteiger partial charge in [-0.3, -0.25) is 4.79 Å². The molecule has 0 fully saturated rings. The van der Waals surface area contributed by atoms with E-state index in [0.29, 0.717) is 19.0 Å². The fraction of sp³-hybridized carbons (Fsp3) is 0.688. The average molecular weight is 362 g/mol. The van der Waals surface area contributed by atoms with Gasteiger partial charge in [0.25, 0.3) is 0 Å². The summed E-state index contributed by atoms with van der Waals surface area (Å²) in [6, 6.07) is 0. The minimum Gasteiger partial charge on any atom is -0.459 e. The molecule has 0 aliphatic rings. The molecule has 25 heavy (non-hydrogen) atoms. The molecule has 0 atom stereocenters. The zero-order valence-corrected chi connectivity index (χ0v) is 15.2. The smallest absolute Gasteiger partial charge is 0.393 e. The van der Waals surface area contributed by atoms with Crippen molar-refractivity contribution < 1.29 is 22.7 Å². The number of esters is 1. The topological polar surface area (TPSA) is 67.4 Å². The lowest BCUT2D eigenvalue weighted by Crippen LogP contribution is -2.29. The highest BCUT2D eigenvalue weighted by Gasteiger charge is 2.30. The molecule has 0 spiro atoms. The van der Waals surface area contributed by atoms with Gasteiger partial charge in [-0.1, -0.05) is 0 Å². The van der Waals surface area contributed by atoms with Crippen LogP contribution in [0.4, 0.5) is 24.9 Å². The second-order valence-corrected chi connectivity index (χ2v) is 6.45. The van der Waals surface area contributed by atoms with Crippen LogP contribution in [0, 0.1) is 0 Å². The lowest BCUT2D eigenvalue weighted by molar-refractivity contribution is -0.152. The molecule has 0 radical (unpaired) electrons. The van der Waals surface area contributed by atoms with Crippen molar-refractivity contribution >= 4 is 17.7 Å². The fourth-order valence-corrected chi connectivity index (χ4v) is 2.09. The van der Waals surface area contributed by atoms with E-state index in [0.717, 1.165) is 6.20 Å². The maximum atomic E-state index is 12.7. The molecule has 1 heterocycles. The van der Waals surface area contributed by atoms with E-state index in [1.54, 1.807) is 25.7 Å². The number of hydrogen-bond acceptors (Lipinski definition) is 6. The first-order chi connectivity index (χ1) is 11.4. The van der Waals surface area contributed by atoms with Crippen LogP contribution in [0.3, 0.4) is 0 Å². The van der Waals surface area contributed by atoms with E-state index < -0.39 is 24.2 Å². The first-order valence-corrected chi connectivity index (χ1v) is 8.08. The molecular formula is C16H25F3N4O2. The molecule has 6 nitrogen and oxygen atoms in total. The number of nitrogens with one attached hydrogen (secondary N) is 1. The quantitative estimate of drug-likeness (QED) is 0.752. The Hall–Kier alpha value is -2.06. The summed E-state index contributed by atoms with van der Waals surface area (Å²) in [5.74, 6) is -0.281. The molecule has 0 aliphatic carbocycles. The zero-order chi connectivity index (χ0) is 19.3.